The highest BCUT2D eigenvalue weighted by molar-refractivity contribution is 5.11. The lowest BCUT2D eigenvalue weighted by atomic mass is 10.1. The number of hydrogen-bond acceptors (Lipinski definition) is 3. The van der Waals surface area contributed by atoms with Crippen LogP contribution in [0.25, 0.3) is 0 Å². The number of furan rings is 1. The Morgan fingerprint density at radius 1 is 1.20 bits per heavy atom. The molecule has 4 heteroatoms. The van der Waals surface area contributed by atoms with E-state index in [1.807, 2.05) is 31.2 Å². The quantitative estimate of drug-likeness (QED) is 0.932. The fourth-order valence-corrected chi connectivity index (χ4v) is 1.90. The van der Waals surface area contributed by atoms with E-state index in [2.05, 4.69) is 26.1 Å². The molecule has 0 saturated heterocycles. The molecule has 0 aromatic carbocycles. The molecule has 0 fully saturated rings. The molecule has 0 unspecified atom stereocenters. The molecule has 0 aliphatic rings. The topological polar surface area (TPSA) is 47.2 Å². The van der Waals surface area contributed by atoms with Crippen LogP contribution in [-0.2, 0) is 13.1 Å². The second-order valence-corrected chi connectivity index (χ2v) is 6.10. The van der Waals surface area contributed by atoms with Gasteiger partial charge in [0.15, 0.2) is 0 Å². The molecule has 1 N–H and O–H groups in total. The van der Waals surface area contributed by atoms with Gasteiger partial charge in [-0.1, -0.05) is 6.07 Å². The lowest BCUT2D eigenvalue weighted by Gasteiger charge is -2.19. The molecule has 0 aliphatic carbocycles. The van der Waals surface area contributed by atoms with Crippen LogP contribution >= 0.6 is 0 Å². The van der Waals surface area contributed by atoms with Crippen LogP contribution in [0.15, 0.2) is 39.7 Å². The van der Waals surface area contributed by atoms with E-state index in [-0.39, 0.29) is 11.1 Å². The summed E-state index contributed by atoms with van der Waals surface area (Å²) in [6, 6.07) is 7.57. The zero-order chi connectivity index (χ0) is 14.8. The normalized spacial score (nSPS) is 11.8. The van der Waals surface area contributed by atoms with Gasteiger partial charge in [-0.3, -0.25) is 4.79 Å². The Hall–Kier alpha value is -1.81. The second-order valence-electron chi connectivity index (χ2n) is 6.10. The van der Waals surface area contributed by atoms with Crippen LogP contribution in [0.4, 0.5) is 0 Å². The minimum atomic E-state index is 0.0262. The second kappa shape index (κ2) is 5.67. The molecule has 2 aromatic heterocycles. The van der Waals surface area contributed by atoms with Gasteiger partial charge in [0.25, 0.3) is 5.56 Å². The van der Waals surface area contributed by atoms with Crippen molar-refractivity contribution in [3.8, 4) is 0 Å². The Morgan fingerprint density at radius 2 is 1.90 bits per heavy atom. The summed E-state index contributed by atoms with van der Waals surface area (Å²) in [6.07, 6.45) is 1.78. The first-order valence-electron chi connectivity index (χ1n) is 6.84. The van der Waals surface area contributed by atoms with Gasteiger partial charge in [-0.25, -0.2) is 0 Å². The third-order valence-electron chi connectivity index (χ3n) is 3.05. The molecule has 0 amide bonds. The van der Waals surface area contributed by atoms with Crippen LogP contribution in [-0.4, -0.2) is 10.1 Å². The van der Waals surface area contributed by atoms with Gasteiger partial charge >= 0.3 is 0 Å². The molecule has 0 saturated carbocycles. The molecule has 4 nitrogen and oxygen atoms in total. The van der Waals surface area contributed by atoms with E-state index in [4.69, 9.17) is 4.42 Å². The van der Waals surface area contributed by atoms with Gasteiger partial charge in [0.1, 0.15) is 11.5 Å². The summed E-state index contributed by atoms with van der Waals surface area (Å²) in [5.41, 5.74) is 0.826. The molecule has 0 atom stereocenters. The largest absolute Gasteiger partial charge is 0.463 e. The van der Waals surface area contributed by atoms with Gasteiger partial charge in [-0.15, -0.1) is 0 Å². The Bertz CT molecular complexity index is 632. The van der Waals surface area contributed by atoms with Crippen LogP contribution in [0, 0.1) is 6.92 Å². The first kappa shape index (κ1) is 14.6. The van der Waals surface area contributed by atoms with Crippen LogP contribution in [0.5, 0.6) is 0 Å². The van der Waals surface area contributed by atoms with Gasteiger partial charge in [-0.05, 0) is 45.9 Å². The molecule has 108 valence electrons. The molecule has 0 spiro atoms. The van der Waals surface area contributed by atoms with E-state index >= 15 is 0 Å². The van der Waals surface area contributed by atoms with Crippen molar-refractivity contribution >= 4 is 0 Å². The van der Waals surface area contributed by atoms with Crippen molar-refractivity contribution in [2.75, 3.05) is 0 Å². The molecule has 20 heavy (non-hydrogen) atoms. The zero-order valence-electron chi connectivity index (χ0n) is 12.6. The molecule has 0 aliphatic heterocycles. The summed E-state index contributed by atoms with van der Waals surface area (Å²) in [5, 5.41) is 3.37. The molecule has 2 heterocycles. The van der Waals surface area contributed by atoms with E-state index in [0.29, 0.717) is 13.1 Å². The number of pyridine rings is 1. The number of nitrogens with one attached hydrogen (secondary N) is 1. The molecule has 2 aromatic rings. The summed E-state index contributed by atoms with van der Waals surface area (Å²) < 4.78 is 7.42. The third kappa shape index (κ3) is 3.84. The average Bonchev–Trinajstić information content (AvgIpc) is 2.80. The number of nitrogens with zero attached hydrogens (tertiary/aromatic N) is 1. The SMILES string of the molecule is Cc1cccn(Cc2ccc(CNC(C)(C)C)o2)c1=O. The summed E-state index contributed by atoms with van der Waals surface area (Å²) in [6.45, 7) is 9.32. The van der Waals surface area contributed by atoms with E-state index in [1.165, 1.54) is 0 Å². The predicted molar refractivity (Wildman–Crippen MR) is 79.8 cm³/mol. The Kier molecular flexibility index (Phi) is 4.14. The maximum absolute atomic E-state index is 11.9. The Balaban J connectivity index is 2.06. The molecular weight excluding hydrogens is 252 g/mol. The molecule has 2 rings (SSSR count). The maximum Gasteiger partial charge on any atom is 0.253 e. The van der Waals surface area contributed by atoms with E-state index in [1.54, 1.807) is 10.8 Å². The minimum absolute atomic E-state index is 0.0262. The molecule has 0 radical (unpaired) electrons. The number of aryl methyl sites for hydroxylation is 1. The van der Waals surface area contributed by atoms with Crippen molar-refractivity contribution in [1.82, 2.24) is 9.88 Å². The monoisotopic (exact) mass is 274 g/mol. The van der Waals surface area contributed by atoms with Gasteiger partial charge < -0.3 is 14.3 Å². The van der Waals surface area contributed by atoms with Crippen LogP contribution in [0.2, 0.25) is 0 Å². The highest BCUT2D eigenvalue weighted by Crippen LogP contribution is 2.10. The van der Waals surface area contributed by atoms with Crippen molar-refractivity contribution in [3.63, 3.8) is 0 Å². The predicted octanol–water partition coefficient (Wildman–Crippen LogP) is 2.69. The van der Waals surface area contributed by atoms with E-state index in [0.717, 1.165) is 17.1 Å². The van der Waals surface area contributed by atoms with Crippen molar-refractivity contribution in [3.05, 3.63) is 57.9 Å². The fourth-order valence-electron chi connectivity index (χ4n) is 1.90. The maximum atomic E-state index is 11.9. The average molecular weight is 274 g/mol. The first-order chi connectivity index (χ1) is 9.35. The van der Waals surface area contributed by atoms with Gasteiger partial charge in [0.05, 0.1) is 13.1 Å². The van der Waals surface area contributed by atoms with Gasteiger partial charge in [0.2, 0.25) is 0 Å². The summed E-state index contributed by atoms with van der Waals surface area (Å²) in [7, 11) is 0. The van der Waals surface area contributed by atoms with Crippen LogP contribution < -0.4 is 10.9 Å². The summed E-state index contributed by atoms with van der Waals surface area (Å²) in [4.78, 5) is 11.9. The molecule has 0 bridgehead atoms. The number of aromatic nitrogens is 1. The number of hydrogen-bond donors (Lipinski definition) is 1. The summed E-state index contributed by atoms with van der Waals surface area (Å²) >= 11 is 0. The lowest BCUT2D eigenvalue weighted by molar-refractivity contribution is 0.375. The zero-order valence-corrected chi connectivity index (χ0v) is 12.6. The molecular formula is C16H22N2O2. The third-order valence-corrected chi connectivity index (χ3v) is 3.05. The Morgan fingerprint density at radius 3 is 2.60 bits per heavy atom. The fraction of sp³-hybridized carbons (Fsp3) is 0.438. The minimum Gasteiger partial charge on any atom is -0.463 e. The number of rotatable bonds is 4. The van der Waals surface area contributed by atoms with Crippen molar-refractivity contribution < 1.29 is 4.42 Å². The van der Waals surface area contributed by atoms with E-state index in [9.17, 15) is 4.79 Å². The highest BCUT2D eigenvalue weighted by Gasteiger charge is 2.10. The summed E-state index contributed by atoms with van der Waals surface area (Å²) in [5.74, 6) is 1.68. The van der Waals surface area contributed by atoms with Crippen LogP contribution in [0.3, 0.4) is 0 Å². The Labute approximate surface area is 119 Å². The van der Waals surface area contributed by atoms with Crippen molar-refractivity contribution in [2.45, 2.75) is 46.3 Å². The van der Waals surface area contributed by atoms with E-state index < -0.39 is 0 Å². The van der Waals surface area contributed by atoms with Crippen molar-refractivity contribution in [1.29, 1.82) is 0 Å². The first-order valence-corrected chi connectivity index (χ1v) is 6.84. The van der Waals surface area contributed by atoms with Gasteiger partial charge in [0, 0.05) is 17.3 Å². The highest BCUT2D eigenvalue weighted by atomic mass is 16.3. The van der Waals surface area contributed by atoms with Gasteiger partial charge in [-0.2, -0.15) is 0 Å². The standard InChI is InChI=1S/C16H22N2O2/c1-12-6-5-9-18(15(12)19)11-14-8-7-13(20-14)10-17-16(2,3)4/h5-9,17H,10-11H2,1-4H3. The van der Waals surface area contributed by atoms with Crippen molar-refractivity contribution in [2.24, 2.45) is 0 Å². The lowest BCUT2D eigenvalue weighted by Crippen LogP contribution is -2.34. The smallest absolute Gasteiger partial charge is 0.253 e. The van der Waals surface area contributed by atoms with Crippen LogP contribution in [0.1, 0.15) is 37.9 Å².